The van der Waals surface area contributed by atoms with Crippen LogP contribution in [0.1, 0.15) is 41.9 Å². The average Bonchev–Trinajstić information content (AvgIpc) is 3.44. The topological polar surface area (TPSA) is 51.1 Å². The van der Waals surface area contributed by atoms with Gasteiger partial charge in [0.2, 0.25) is 5.91 Å². The molecule has 2 aliphatic heterocycles. The number of nitrogens with zero attached hydrogens (tertiary/aromatic N) is 2. The number of halogens is 1. The number of carbonyl (C=O) groups excluding carboxylic acids is 1. The second-order valence-electron chi connectivity index (χ2n) is 9.27. The Morgan fingerprint density at radius 1 is 1.03 bits per heavy atom. The second kappa shape index (κ2) is 8.17. The lowest BCUT2D eigenvalue weighted by Crippen LogP contribution is -2.48. The lowest BCUT2D eigenvalue weighted by Gasteiger charge is -2.38. The SMILES string of the molecule is COc1cc(C2=NOC3(CCN(C(=O)C4c5ccccc5-c5ccccc54)CC3)C2)ccc1Cl. The van der Waals surface area contributed by atoms with Gasteiger partial charge in [-0.05, 0) is 34.4 Å². The maximum atomic E-state index is 13.7. The summed E-state index contributed by atoms with van der Waals surface area (Å²) in [6.07, 6.45) is 2.23. The summed E-state index contributed by atoms with van der Waals surface area (Å²) in [5.74, 6) is 0.563. The number of likely N-dealkylation sites (tertiary alicyclic amines) is 1. The van der Waals surface area contributed by atoms with Gasteiger partial charge >= 0.3 is 0 Å². The predicted molar refractivity (Wildman–Crippen MR) is 133 cm³/mol. The number of ether oxygens (including phenoxy) is 1. The molecule has 3 aromatic rings. The van der Waals surface area contributed by atoms with Crippen molar-refractivity contribution in [3.63, 3.8) is 0 Å². The van der Waals surface area contributed by atoms with Crippen molar-refractivity contribution >= 4 is 23.2 Å². The summed E-state index contributed by atoms with van der Waals surface area (Å²) in [6, 6.07) is 22.2. The fraction of sp³-hybridized carbons (Fsp3) is 0.286. The van der Waals surface area contributed by atoms with Gasteiger partial charge in [-0.15, -0.1) is 0 Å². The molecule has 2 heterocycles. The Labute approximate surface area is 203 Å². The number of methoxy groups -OCH3 is 1. The molecule has 34 heavy (non-hydrogen) atoms. The van der Waals surface area contributed by atoms with Gasteiger partial charge in [0.05, 0.1) is 23.8 Å². The largest absolute Gasteiger partial charge is 0.495 e. The third-order valence-corrected chi connectivity index (χ3v) is 7.70. The van der Waals surface area contributed by atoms with Gasteiger partial charge in [0.15, 0.2) is 0 Å². The average molecular weight is 473 g/mol. The number of fused-ring (bicyclic) bond motifs is 3. The van der Waals surface area contributed by atoms with Gasteiger partial charge in [-0.3, -0.25) is 4.79 Å². The van der Waals surface area contributed by atoms with Gasteiger partial charge in [-0.2, -0.15) is 0 Å². The van der Waals surface area contributed by atoms with Gasteiger partial charge < -0.3 is 14.5 Å². The molecule has 0 atom stereocenters. The number of hydrogen-bond donors (Lipinski definition) is 0. The molecule has 1 spiro atoms. The smallest absolute Gasteiger partial charge is 0.234 e. The molecule has 1 amide bonds. The summed E-state index contributed by atoms with van der Waals surface area (Å²) in [4.78, 5) is 21.7. The van der Waals surface area contributed by atoms with Gasteiger partial charge in [-0.25, -0.2) is 0 Å². The molecule has 0 aromatic heterocycles. The van der Waals surface area contributed by atoms with Crippen LogP contribution in [0.2, 0.25) is 5.02 Å². The van der Waals surface area contributed by atoms with E-state index < -0.39 is 0 Å². The molecule has 0 saturated carbocycles. The van der Waals surface area contributed by atoms with Gasteiger partial charge in [0, 0.05) is 37.9 Å². The lowest BCUT2D eigenvalue weighted by molar-refractivity contribution is -0.137. The fourth-order valence-electron chi connectivity index (χ4n) is 5.52. The summed E-state index contributed by atoms with van der Waals surface area (Å²) in [6.45, 7) is 1.32. The first-order valence-electron chi connectivity index (χ1n) is 11.6. The van der Waals surface area contributed by atoms with Gasteiger partial charge in [-0.1, -0.05) is 71.4 Å². The van der Waals surface area contributed by atoms with Crippen molar-refractivity contribution in [2.24, 2.45) is 5.16 Å². The zero-order valence-electron chi connectivity index (χ0n) is 19.0. The van der Waals surface area contributed by atoms with Crippen LogP contribution in [0.3, 0.4) is 0 Å². The molecule has 6 heteroatoms. The van der Waals surface area contributed by atoms with Crippen molar-refractivity contribution in [3.05, 3.63) is 88.4 Å². The minimum absolute atomic E-state index is 0.175. The zero-order chi connectivity index (χ0) is 23.3. The molecular formula is C28H25ClN2O3. The Hall–Kier alpha value is -3.31. The molecule has 172 valence electrons. The first kappa shape index (κ1) is 21.2. The van der Waals surface area contributed by atoms with Crippen LogP contribution in [0.4, 0.5) is 0 Å². The molecule has 1 aliphatic carbocycles. The minimum Gasteiger partial charge on any atom is -0.495 e. The minimum atomic E-state index is -0.357. The number of hydrogen-bond acceptors (Lipinski definition) is 4. The third-order valence-electron chi connectivity index (χ3n) is 7.39. The van der Waals surface area contributed by atoms with Crippen molar-refractivity contribution in [2.45, 2.75) is 30.8 Å². The summed E-state index contributed by atoms with van der Waals surface area (Å²) in [5, 5.41) is 4.98. The van der Waals surface area contributed by atoms with E-state index in [0.29, 0.717) is 23.9 Å². The first-order chi connectivity index (χ1) is 16.6. The standard InChI is InChI=1S/C28H25ClN2O3/c1-33-25-16-18(10-11-23(25)29)24-17-28(34-30-24)12-14-31(15-13-28)27(32)26-21-8-4-2-6-19(21)20-7-3-5-9-22(20)26/h2-11,16,26H,12-15,17H2,1H3. The Kier molecular flexibility index (Phi) is 5.10. The van der Waals surface area contributed by atoms with E-state index in [1.807, 2.05) is 47.4 Å². The van der Waals surface area contributed by atoms with E-state index in [2.05, 4.69) is 29.4 Å². The summed E-state index contributed by atoms with van der Waals surface area (Å²) in [5.41, 5.74) is 6.04. The van der Waals surface area contributed by atoms with Crippen molar-refractivity contribution in [1.82, 2.24) is 4.90 Å². The Morgan fingerprint density at radius 2 is 1.68 bits per heavy atom. The van der Waals surface area contributed by atoms with E-state index in [0.717, 1.165) is 41.7 Å². The van der Waals surface area contributed by atoms with Crippen molar-refractivity contribution < 1.29 is 14.4 Å². The molecule has 1 saturated heterocycles. The molecule has 0 unspecified atom stereocenters. The monoisotopic (exact) mass is 472 g/mol. The van der Waals surface area contributed by atoms with Crippen LogP contribution in [0, 0.1) is 0 Å². The van der Waals surface area contributed by atoms with E-state index >= 15 is 0 Å². The van der Waals surface area contributed by atoms with E-state index in [4.69, 9.17) is 21.2 Å². The number of carbonyl (C=O) groups is 1. The maximum absolute atomic E-state index is 13.7. The lowest BCUT2D eigenvalue weighted by atomic mass is 9.84. The van der Waals surface area contributed by atoms with Crippen molar-refractivity contribution in [1.29, 1.82) is 0 Å². The normalized spacial score (nSPS) is 18.3. The van der Waals surface area contributed by atoms with Crippen LogP contribution < -0.4 is 4.74 Å². The number of benzene rings is 3. The Balaban J connectivity index is 1.17. The predicted octanol–water partition coefficient (Wildman–Crippen LogP) is 5.65. The first-order valence-corrected chi connectivity index (χ1v) is 12.0. The van der Waals surface area contributed by atoms with E-state index in [1.54, 1.807) is 7.11 Å². The highest BCUT2D eigenvalue weighted by molar-refractivity contribution is 6.32. The number of amides is 1. The van der Waals surface area contributed by atoms with Crippen LogP contribution in [-0.4, -0.2) is 42.3 Å². The summed E-state index contributed by atoms with van der Waals surface area (Å²) >= 11 is 6.17. The number of piperidine rings is 1. The number of rotatable bonds is 3. The van der Waals surface area contributed by atoms with E-state index in [1.165, 1.54) is 11.1 Å². The highest BCUT2D eigenvalue weighted by Gasteiger charge is 2.45. The second-order valence-corrected chi connectivity index (χ2v) is 9.68. The maximum Gasteiger partial charge on any atom is 0.234 e. The number of oxime groups is 1. The molecule has 5 nitrogen and oxygen atoms in total. The molecular weight excluding hydrogens is 448 g/mol. The molecule has 3 aromatic carbocycles. The molecule has 0 N–H and O–H groups in total. The van der Waals surface area contributed by atoms with Crippen LogP contribution in [0.5, 0.6) is 5.75 Å². The van der Waals surface area contributed by atoms with Crippen LogP contribution in [-0.2, 0) is 9.63 Å². The van der Waals surface area contributed by atoms with Crippen molar-refractivity contribution in [2.75, 3.05) is 20.2 Å². The van der Waals surface area contributed by atoms with Gasteiger partial charge in [0.25, 0.3) is 0 Å². The van der Waals surface area contributed by atoms with Crippen molar-refractivity contribution in [3.8, 4) is 16.9 Å². The molecule has 0 bridgehead atoms. The molecule has 6 rings (SSSR count). The highest BCUT2D eigenvalue weighted by Crippen LogP contribution is 2.46. The molecule has 3 aliphatic rings. The molecule has 1 fully saturated rings. The van der Waals surface area contributed by atoms with Crippen LogP contribution >= 0.6 is 11.6 Å². The Bertz CT molecular complexity index is 1270. The van der Waals surface area contributed by atoms with Crippen LogP contribution in [0.15, 0.2) is 71.9 Å². The summed E-state index contributed by atoms with van der Waals surface area (Å²) < 4.78 is 5.35. The quantitative estimate of drug-likeness (QED) is 0.495. The zero-order valence-corrected chi connectivity index (χ0v) is 19.7. The molecule has 0 radical (unpaired) electrons. The summed E-state index contributed by atoms with van der Waals surface area (Å²) in [7, 11) is 1.60. The van der Waals surface area contributed by atoms with Crippen LogP contribution in [0.25, 0.3) is 11.1 Å². The van der Waals surface area contributed by atoms with Gasteiger partial charge in [0.1, 0.15) is 11.4 Å². The Morgan fingerprint density at radius 3 is 2.32 bits per heavy atom. The highest BCUT2D eigenvalue weighted by atomic mass is 35.5. The van der Waals surface area contributed by atoms with E-state index in [-0.39, 0.29) is 17.4 Å². The third kappa shape index (κ3) is 3.38. The van der Waals surface area contributed by atoms with E-state index in [9.17, 15) is 4.79 Å². The fourth-order valence-corrected chi connectivity index (χ4v) is 5.72.